The lowest BCUT2D eigenvalue weighted by atomic mass is 10.0. The van der Waals surface area contributed by atoms with Crippen molar-refractivity contribution in [1.29, 1.82) is 0 Å². The zero-order valence-electron chi connectivity index (χ0n) is 13.4. The van der Waals surface area contributed by atoms with E-state index in [0.717, 1.165) is 32.2 Å². The molecule has 0 bridgehead atoms. The van der Waals surface area contributed by atoms with Gasteiger partial charge < -0.3 is 9.88 Å². The van der Waals surface area contributed by atoms with Gasteiger partial charge in [0, 0.05) is 24.3 Å². The lowest BCUT2D eigenvalue weighted by Gasteiger charge is -2.24. The van der Waals surface area contributed by atoms with Gasteiger partial charge in [-0.3, -0.25) is 9.59 Å². The van der Waals surface area contributed by atoms with Crippen molar-refractivity contribution in [3.05, 3.63) is 59.4 Å². The first kappa shape index (κ1) is 15.5. The number of nitrogens with one attached hydrogen (secondary N) is 1. The van der Waals surface area contributed by atoms with E-state index < -0.39 is 0 Å². The molecule has 0 spiro atoms. The minimum absolute atomic E-state index is 0.00746. The number of ketones is 1. The molecule has 1 atom stereocenters. The Labute approximate surface area is 136 Å². The molecule has 1 fully saturated rings. The van der Waals surface area contributed by atoms with Crippen molar-refractivity contribution in [2.75, 3.05) is 6.54 Å². The molecule has 0 unspecified atom stereocenters. The van der Waals surface area contributed by atoms with Gasteiger partial charge in [0.05, 0.1) is 0 Å². The Morgan fingerprint density at radius 3 is 2.74 bits per heavy atom. The molecule has 1 aliphatic rings. The molecular weight excluding hydrogens is 288 g/mol. The normalized spacial score (nSPS) is 17.4. The van der Waals surface area contributed by atoms with Crippen molar-refractivity contribution in [1.82, 2.24) is 9.88 Å². The number of aromatic amines is 1. The number of H-pyrrole nitrogens is 1. The summed E-state index contributed by atoms with van der Waals surface area (Å²) in [6, 6.07) is 12.3. The number of carbonyl (C=O) groups excluding carboxylic acids is 2. The van der Waals surface area contributed by atoms with Gasteiger partial charge in [-0.25, -0.2) is 0 Å². The molecule has 1 saturated heterocycles. The van der Waals surface area contributed by atoms with Gasteiger partial charge in [0.15, 0.2) is 5.78 Å². The van der Waals surface area contributed by atoms with E-state index in [1.807, 2.05) is 11.0 Å². The number of hydrogen-bond acceptors (Lipinski definition) is 2. The number of Topliss-reactive ketones (excluding diaryl/α,β-unsaturated/α-hetero) is 1. The lowest BCUT2D eigenvalue weighted by molar-refractivity contribution is 0.0725. The van der Waals surface area contributed by atoms with E-state index in [1.54, 1.807) is 12.3 Å². The molecule has 1 aliphatic heterocycles. The highest BCUT2D eigenvalue weighted by Gasteiger charge is 2.29. The summed E-state index contributed by atoms with van der Waals surface area (Å²) in [6.07, 6.45) is 5.68. The number of hydrogen-bond donors (Lipinski definition) is 1. The smallest absolute Gasteiger partial charge is 0.270 e. The molecule has 0 radical (unpaired) electrons. The number of amides is 1. The van der Waals surface area contributed by atoms with E-state index >= 15 is 0 Å². The molecule has 1 amide bonds. The largest absolute Gasteiger partial charge is 0.356 e. The maximum absolute atomic E-state index is 12.7. The standard InChI is InChI=1S/C19H22N2O2/c1-14(22)16-12-18(20-13-16)19(23)21-11-5-8-17(21)10-9-15-6-3-2-4-7-15/h2-4,6-7,12-13,17,20H,5,8-11H2,1H3/t17-/m1/s1. The Kier molecular flexibility index (Phi) is 4.60. The van der Waals surface area contributed by atoms with E-state index in [0.29, 0.717) is 11.3 Å². The molecule has 23 heavy (non-hydrogen) atoms. The van der Waals surface area contributed by atoms with Crippen LogP contribution >= 0.6 is 0 Å². The fourth-order valence-corrected chi connectivity index (χ4v) is 3.26. The van der Waals surface area contributed by atoms with Crippen LogP contribution in [0.15, 0.2) is 42.6 Å². The number of benzene rings is 1. The van der Waals surface area contributed by atoms with Gasteiger partial charge in [-0.2, -0.15) is 0 Å². The zero-order chi connectivity index (χ0) is 16.2. The fraction of sp³-hybridized carbons (Fsp3) is 0.368. The van der Waals surface area contributed by atoms with E-state index in [1.165, 1.54) is 12.5 Å². The quantitative estimate of drug-likeness (QED) is 0.860. The minimum Gasteiger partial charge on any atom is -0.356 e. The second-order valence-corrected chi connectivity index (χ2v) is 6.18. The predicted molar refractivity (Wildman–Crippen MR) is 89.6 cm³/mol. The highest BCUT2D eigenvalue weighted by molar-refractivity contribution is 5.99. The summed E-state index contributed by atoms with van der Waals surface area (Å²) in [4.78, 5) is 29.0. The van der Waals surface area contributed by atoms with Crippen LogP contribution in [-0.2, 0) is 6.42 Å². The summed E-state index contributed by atoms with van der Waals surface area (Å²) < 4.78 is 0. The first-order valence-corrected chi connectivity index (χ1v) is 8.19. The van der Waals surface area contributed by atoms with Crippen molar-refractivity contribution in [3.8, 4) is 0 Å². The van der Waals surface area contributed by atoms with E-state index in [9.17, 15) is 9.59 Å². The lowest BCUT2D eigenvalue weighted by Crippen LogP contribution is -2.36. The van der Waals surface area contributed by atoms with Crippen molar-refractivity contribution >= 4 is 11.7 Å². The Morgan fingerprint density at radius 1 is 1.26 bits per heavy atom. The maximum atomic E-state index is 12.7. The molecule has 1 aromatic carbocycles. The highest BCUT2D eigenvalue weighted by atomic mass is 16.2. The van der Waals surface area contributed by atoms with Gasteiger partial charge in [-0.15, -0.1) is 0 Å². The zero-order valence-corrected chi connectivity index (χ0v) is 13.4. The molecule has 120 valence electrons. The molecular formula is C19H22N2O2. The number of rotatable bonds is 5. The first-order valence-electron chi connectivity index (χ1n) is 8.19. The van der Waals surface area contributed by atoms with Gasteiger partial charge >= 0.3 is 0 Å². The summed E-state index contributed by atoms with van der Waals surface area (Å²) in [5, 5.41) is 0. The molecule has 1 aromatic heterocycles. The van der Waals surface area contributed by atoms with Crippen LogP contribution in [0.5, 0.6) is 0 Å². The van der Waals surface area contributed by atoms with Gasteiger partial charge in [-0.05, 0) is 44.2 Å². The van der Waals surface area contributed by atoms with Gasteiger partial charge in [-0.1, -0.05) is 30.3 Å². The Balaban J connectivity index is 1.65. The average Bonchev–Trinajstić information content (AvgIpc) is 3.22. The van der Waals surface area contributed by atoms with Crippen LogP contribution in [0.25, 0.3) is 0 Å². The second-order valence-electron chi connectivity index (χ2n) is 6.18. The van der Waals surface area contributed by atoms with Crippen LogP contribution in [-0.4, -0.2) is 34.2 Å². The summed E-state index contributed by atoms with van der Waals surface area (Å²) in [5.74, 6) is -0.0181. The number of nitrogens with zero attached hydrogens (tertiary/aromatic N) is 1. The fourth-order valence-electron chi connectivity index (χ4n) is 3.26. The Bertz CT molecular complexity index is 690. The average molecular weight is 310 g/mol. The topological polar surface area (TPSA) is 53.2 Å². The Hall–Kier alpha value is -2.36. The van der Waals surface area contributed by atoms with Crippen molar-refractivity contribution in [3.63, 3.8) is 0 Å². The number of likely N-dealkylation sites (tertiary alicyclic amines) is 1. The maximum Gasteiger partial charge on any atom is 0.270 e. The summed E-state index contributed by atoms with van der Waals surface area (Å²) in [6.45, 7) is 2.31. The molecule has 2 heterocycles. The molecule has 4 heteroatoms. The minimum atomic E-state index is -0.0256. The highest BCUT2D eigenvalue weighted by Crippen LogP contribution is 2.24. The van der Waals surface area contributed by atoms with Gasteiger partial charge in [0.25, 0.3) is 5.91 Å². The van der Waals surface area contributed by atoms with E-state index in [-0.39, 0.29) is 17.7 Å². The van der Waals surface area contributed by atoms with Crippen molar-refractivity contribution in [2.45, 2.75) is 38.6 Å². The van der Waals surface area contributed by atoms with Crippen LogP contribution in [0.3, 0.4) is 0 Å². The van der Waals surface area contributed by atoms with Crippen LogP contribution in [0.4, 0.5) is 0 Å². The van der Waals surface area contributed by atoms with E-state index in [2.05, 4.69) is 29.2 Å². The summed E-state index contributed by atoms with van der Waals surface area (Å²) in [5.41, 5.74) is 2.39. The van der Waals surface area contributed by atoms with Crippen LogP contribution < -0.4 is 0 Å². The van der Waals surface area contributed by atoms with Gasteiger partial charge in [0.2, 0.25) is 0 Å². The summed E-state index contributed by atoms with van der Waals surface area (Å²) >= 11 is 0. The molecule has 0 aliphatic carbocycles. The summed E-state index contributed by atoms with van der Waals surface area (Å²) in [7, 11) is 0. The number of aromatic nitrogens is 1. The third-order valence-corrected chi connectivity index (χ3v) is 4.57. The Morgan fingerprint density at radius 2 is 2.04 bits per heavy atom. The molecule has 0 saturated carbocycles. The van der Waals surface area contributed by atoms with Crippen LogP contribution in [0.2, 0.25) is 0 Å². The third-order valence-electron chi connectivity index (χ3n) is 4.57. The van der Waals surface area contributed by atoms with Crippen LogP contribution in [0.1, 0.15) is 52.6 Å². The SMILES string of the molecule is CC(=O)c1c[nH]c(C(=O)N2CCC[C@@H]2CCc2ccccc2)c1. The molecule has 3 rings (SSSR count). The number of carbonyl (C=O) groups is 2. The monoisotopic (exact) mass is 310 g/mol. The molecule has 1 N–H and O–H groups in total. The predicted octanol–water partition coefficient (Wildman–Crippen LogP) is 3.45. The van der Waals surface area contributed by atoms with Crippen molar-refractivity contribution < 1.29 is 9.59 Å². The second kappa shape index (κ2) is 6.82. The number of aryl methyl sites for hydroxylation is 1. The molecule has 2 aromatic rings. The van der Waals surface area contributed by atoms with Gasteiger partial charge in [0.1, 0.15) is 5.69 Å². The van der Waals surface area contributed by atoms with E-state index in [4.69, 9.17) is 0 Å². The molecule has 4 nitrogen and oxygen atoms in total. The van der Waals surface area contributed by atoms with Crippen LogP contribution in [0, 0.1) is 0 Å². The van der Waals surface area contributed by atoms with Crippen molar-refractivity contribution in [2.24, 2.45) is 0 Å². The first-order chi connectivity index (χ1) is 11.1. The third kappa shape index (κ3) is 3.52.